The fourth-order valence-electron chi connectivity index (χ4n) is 0.904. The first-order valence-corrected chi connectivity index (χ1v) is 4.62. The lowest BCUT2D eigenvalue weighted by molar-refractivity contribution is -0.115. The van der Waals surface area contributed by atoms with E-state index < -0.39 is 12.7 Å². The van der Waals surface area contributed by atoms with E-state index in [-0.39, 0.29) is 11.0 Å². The molecule has 0 amide bonds. The van der Waals surface area contributed by atoms with E-state index in [1.54, 1.807) is 6.92 Å². The Balaban J connectivity index is 2.73. The molecule has 0 fully saturated rings. The van der Waals surface area contributed by atoms with Gasteiger partial charge < -0.3 is 5.32 Å². The minimum Gasteiger partial charge on any atom is -0.361 e. The molecule has 0 aromatic carbocycles. The van der Waals surface area contributed by atoms with Crippen molar-refractivity contribution >= 4 is 17.4 Å². The molecular weight excluding hydrogens is 231 g/mol. The highest BCUT2D eigenvalue weighted by molar-refractivity contribution is 6.29. The Morgan fingerprint density at radius 2 is 2.07 bits per heavy atom. The fourth-order valence-corrected chi connectivity index (χ4v) is 1.11. The quantitative estimate of drug-likeness (QED) is 0.824. The Bertz CT molecular complexity index is 340. The van der Waals surface area contributed by atoms with Crippen LogP contribution >= 0.6 is 11.6 Å². The second-order valence-corrected chi connectivity index (χ2v) is 3.20. The van der Waals surface area contributed by atoms with Gasteiger partial charge in [-0.3, -0.25) is 0 Å². The molecule has 0 radical (unpaired) electrons. The van der Waals surface area contributed by atoms with E-state index in [2.05, 4.69) is 15.3 Å². The van der Waals surface area contributed by atoms with Crippen LogP contribution in [-0.4, -0.2) is 22.7 Å². The van der Waals surface area contributed by atoms with E-state index in [0.29, 0.717) is 12.2 Å². The molecule has 0 aliphatic rings. The van der Waals surface area contributed by atoms with Crippen LogP contribution in [0.3, 0.4) is 0 Å². The van der Waals surface area contributed by atoms with E-state index >= 15 is 0 Å². The van der Waals surface area contributed by atoms with Gasteiger partial charge in [0.1, 0.15) is 23.3 Å². The van der Waals surface area contributed by atoms with Crippen LogP contribution in [0.15, 0.2) is 6.07 Å². The predicted molar refractivity (Wildman–Crippen MR) is 51.0 cm³/mol. The molecule has 84 valence electrons. The third-order valence-electron chi connectivity index (χ3n) is 1.53. The Morgan fingerprint density at radius 1 is 1.40 bits per heavy atom. The van der Waals surface area contributed by atoms with Crippen LogP contribution < -0.4 is 5.32 Å². The maximum Gasteiger partial charge on any atom is 0.405 e. The molecule has 0 saturated carbocycles. The third kappa shape index (κ3) is 4.33. The van der Waals surface area contributed by atoms with Crippen LogP contribution in [-0.2, 0) is 6.42 Å². The zero-order valence-corrected chi connectivity index (χ0v) is 8.65. The number of rotatable bonds is 3. The van der Waals surface area contributed by atoms with Gasteiger partial charge in [-0.15, -0.1) is 0 Å². The zero-order chi connectivity index (χ0) is 11.5. The molecular formula is C8H9ClF3N3. The van der Waals surface area contributed by atoms with E-state index in [9.17, 15) is 13.2 Å². The molecule has 1 N–H and O–H groups in total. The standard InChI is InChI=1S/C8H9ClF3N3/c1-2-6-14-5(9)3-7(15-6)13-4-8(10,11)12/h3H,2,4H2,1H3,(H,13,14,15). The first-order valence-electron chi connectivity index (χ1n) is 4.25. The Hall–Kier alpha value is -1.04. The average molecular weight is 240 g/mol. The van der Waals surface area contributed by atoms with Crippen LogP contribution in [0, 0.1) is 0 Å². The number of nitrogens with zero attached hydrogens (tertiary/aromatic N) is 2. The molecule has 1 heterocycles. The molecule has 3 nitrogen and oxygen atoms in total. The lowest BCUT2D eigenvalue weighted by Gasteiger charge is -2.09. The van der Waals surface area contributed by atoms with Gasteiger partial charge in [0, 0.05) is 12.5 Å². The molecule has 0 bridgehead atoms. The molecule has 0 atom stereocenters. The van der Waals surface area contributed by atoms with Gasteiger partial charge in [0.15, 0.2) is 0 Å². The van der Waals surface area contributed by atoms with Crippen molar-refractivity contribution in [3.63, 3.8) is 0 Å². The number of alkyl halides is 3. The molecule has 0 aliphatic heterocycles. The second-order valence-electron chi connectivity index (χ2n) is 2.81. The number of halogens is 4. The number of aryl methyl sites for hydroxylation is 1. The van der Waals surface area contributed by atoms with Gasteiger partial charge in [0.05, 0.1) is 0 Å². The molecule has 7 heteroatoms. The van der Waals surface area contributed by atoms with E-state index in [4.69, 9.17) is 11.6 Å². The van der Waals surface area contributed by atoms with Gasteiger partial charge in [-0.2, -0.15) is 13.2 Å². The van der Waals surface area contributed by atoms with Crippen LogP contribution in [0.1, 0.15) is 12.7 Å². The molecule has 1 aromatic heterocycles. The summed E-state index contributed by atoms with van der Waals surface area (Å²) in [5, 5.41) is 2.27. The van der Waals surface area contributed by atoms with Crippen molar-refractivity contribution < 1.29 is 13.2 Å². The molecule has 1 rings (SSSR count). The summed E-state index contributed by atoms with van der Waals surface area (Å²) in [4.78, 5) is 7.68. The number of anilines is 1. The summed E-state index contributed by atoms with van der Waals surface area (Å²) in [5.74, 6) is 0.497. The van der Waals surface area contributed by atoms with Crippen LogP contribution in [0.4, 0.5) is 19.0 Å². The van der Waals surface area contributed by atoms with Crippen molar-refractivity contribution in [2.45, 2.75) is 19.5 Å². The van der Waals surface area contributed by atoms with Crippen LogP contribution in [0.25, 0.3) is 0 Å². The van der Waals surface area contributed by atoms with Crippen LogP contribution in [0.5, 0.6) is 0 Å². The van der Waals surface area contributed by atoms with Crippen molar-refractivity contribution in [2.24, 2.45) is 0 Å². The lowest BCUT2D eigenvalue weighted by atomic mass is 10.4. The average Bonchev–Trinajstić information content (AvgIpc) is 2.13. The highest BCUT2D eigenvalue weighted by atomic mass is 35.5. The maximum atomic E-state index is 11.9. The highest BCUT2D eigenvalue weighted by Crippen LogP contribution is 2.17. The number of hydrogen-bond donors (Lipinski definition) is 1. The van der Waals surface area contributed by atoms with E-state index in [0.717, 1.165) is 0 Å². The van der Waals surface area contributed by atoms with Crippen molar-refractivity contribution in [1.82, 2.24) is 9.97 Å². The molecule has 15 heavy (non-hydrogen) atoms. The molecule has 0 unspecified atom stereocenters. The maximum absolute atomic E-state index is 11.9. The second kappa shape index (κ2) is 4.65. The molecule has 0 aliphatic carbocycles. The first kappa shape index (κ1) is 12.0. The van der Waals surface area contributed by atoms with Gasteiger partial charge in [-0.05, 0) is 0 Å². The minimum absolute atomic E-state index is 0.0872. The van der Waals surface area contributed by atoms with Gasteiger partial charge in [0.2, 0.25) is 0 Å². The summed E-state index contributed by atoms with van der Waals surface area (Å²) in [7, 11) is 0. The third-order valence-corrected chi connectivity index (χ3v) is 1.72. The van der Waals surface area contributed by atoms with Crippen molar-refractivity contribution in [3.8, 4) is 0 Å². The molecule has 0 spiro atoms. The molecule has 1 aromatic rings. The minimum atomic E-state index is -4.27. The summed E-state index contributed by atoms with van der Waals surface area (Å²) in [6.45, 7) is 0.655. The first-order chi connectivity index (χ1) is 6.90. The van der Waals surface area contributed by atoms with Gasteiger partial charge in [0.25, 0.3) is 0 Å². The zero-order valence-electron chi connectivity index (χ0n) is 7.90. The Kier molecular flexibility index (Phi) is 3.73. The SMILES string of the molecule is CCc1nc(Cl)cc(NCC(F)(F)F)n1. The summed E-state index contributed by atoms with van der Waals surface area (Å²) in [6, 6.07) is 1.26. The Morgan fingerprint density at radius 3 is 2.60 bits per heavy atom. The van der Waals surface area contributed by atoms with E-state index in [1.807, 2.05) is 0 Å². The topological polar surface area (TPSA) is 37.8 Å². The smallest absolute Gasteiger partial charge is 0.361 e. The number of aromatic nitrogens is 2. The fraction of sp³-hybridized carbons (Fsp3) is 0.500. The van der Waals surface area contributed by atoms with Gasteiger partial charge >= 0.3 is 6.18 Å². The van der Waals surface area contributed by atoms with Crippen molar-refractivity contribution in [3.05, 3.63) is 17.0 Å². The normalized spacial score (nSPS) is 11.5. The summed E-state index contributed by atoms with van der Waals surface area (Å²) >= 11 is 5.61. The van der Waals surface area contributed by atoms with Crippen molar-refractivity contribution in [2.75, 3.05) is 11.9 Å². The van der Waals surface area contributed by atoms with Crippen molar-refractivity contribution in [1.29, 1.82) is 0 Å². The van der Waals surface area contributed by atoms with Crippen LogP contribution in [0.2, 0.25) is 5.15 Å². The summed E-state index contributed by atoms with van der Waals surface area (Å²) in [5.41, 5.74) is 0. The Labute approximate surface area is 89.7 Å². The summed E-state index contributed by atoms with van der Waals surface area (Å²) in [6.07, 6.45) is -3.76. The van der Waals surface area contributed by atoms with Gasteiger partial charge in [-0.1, -0.05) is 18.5 Å². The largest absolute Gasteiger partial charge is 0.405 e. The predicted octanol–water partition coefficient (Wildman–Crippen LogP) is 2.67. The summed E-state index contributed by atoms with van der Waals surface area (Å²) < 4.78 is 35.7. The number of hydrogen-bond acceptors (Lipinski definition) is 3. The number of nitrogens with one attached hydrogen (secondary N) is 1. The van der Waals surface area contributed by atoms with E-state index in [1.165, 1.54) is 6.07 Å². The monoisotopic (exact) mass is 239 g/mol. The molecule has 0 saturated heterocycles. The van der Waals surface area contributed by atoms with Gasteiger partial charge in [-0.25, -0.2) is 9.97 Å². The highest BCUT2D eigenvalue weighted by Gasteiger charge is 2.26. The lowest BCUT2D eigenvalue weighted by Crippen LogP contribution is -2.22.